The number of rotatable bonds is 5. The molecular weight excluding hydrogens is 278 g/mol. The number of hydrogen-bond donors (Lipinski definition) is 0. The van der Waals surface area contributed by atoms with Crippen molar-refractivity contribution in [2.75, 3.05) is 18.5 Å². The Morgan fingerprint density at radius 1 is 1.29 bits per heavy atom. The van der Waals surface area contributed by atoms with Gasteiger partial charge in [0, 0.05) is 29.8 Å². The lowest BCUT2D eigenvalue weighted by atomic mass is 10.1. The standard InChI is InChI=1S/C13H22BrN3/c1-9(2)12-8-11(4)15-13(16-12)17(5)7-6-10(3)14/h8-10H,6-7H2,1-5H3. The van der Waals surface area contributed by atoms with Crippen molar-refractivity contribution in [2.45, 2.75) is 44.9 Å². The van der Waals surface area contributed by atoms with Crippen LogP contribution in [0.1, 0.15) is 44.5 Å². The van der Waals surface area contributed by atoms with E-state index in [4.69, 9.17) is 0 Å². The first-order valence-electron chi connectivity index (χ1n) is 6.11. The number of alkyl halides is 1. The minimum Gasteiger partial charge on any atom is -0.344 e. The van der Waals surface area contributed by atoms with Crippen LogP contribution in [0.3, 0.4) is 0 Å². The molecular formula is C13H22BrN3. The molecule has 1 heterocycles. The van der Waals surface area contributed by atoms with Gasteiger partial charge >= 0.3 is 0 Å². The number of aryl methyl sites for hydroxylation is 1. The van der Waals surface area contributed by atoms with E-state index in [1.807, 2.05) is 14.0 Å². The largest absolute Gasteiger partial charge is 0.344 e. The lowest BCUT2D eigenvalue weighted by molar-refractivity contribution is 0.746. The summed E-state index contributed by atoms with van der Waals surface area (Å²) in [4.78, 5) is 11.8. The van der Waals surface area contributed by atoms with Gasteiger partial charge in [-0.3, -0.25) is 0 Å². The average Bonchev–Trinajstić information content (AvgIpc) is 2.24. The van der Waals surface area contributed by atoms with Gasteiger partial charge in [0.25, 0.3) is 0 Å². The molecule has 0 amide bonds. The summed E-state index contributed by atoms with van der Waals surface area (Å²) in [6.45, 7) is 9.47. The molecule has 0 aliphatic rings. The zero-order chi connectivity index (χ0) is 13.0. The Balaban J connectivity index is 2.82. The molecule has 0 aliphatic heterocycles. The summed E-state index contributed by atoms with van der Waals surface area (Å²) in [6, 6.07) is 2.06. The fourth-order valence-electron chi connectivity index (χ4n) is 1.51. The topological polar surface area (TPSA) is 29.0 Å². The van der Waals surface area contributed by atoms with Crippen molar-refractivity contribution < 1.29 is 0 Å². The molecule has 0 aromatic carbocycles. The maximum Gasteiger partial charge on any atom is 0.225 e. The van der Waals surface area contributed by atoms with E-state index in [0.717, 1.165) is 30.3 Å². The van der Waals surface area contributed by atoms with Crippen molar-refractivity contribution in [1.29, 1.82) is 0 Å². The minimum absolute atomic E-state index is 0.443. The van der Waals surface area contributed by atoms with Gasteiger partial charge in [0.2, 0.25) is 5.95 Å². The van der Waals surface area contributed by atoms with E-state index in [1.54, 1.807) is 0 Å². The van der Waals surface area contributed by atoms with Gasteiger partial charge in [-0.1, -0.05) is 36.7 Å². The smallest absolute Gasteiger partial charge is 0.225 e. The van der Waals surface area contributed by atoms with Gasteiger partial charge in [0.1, 0.15) is 0 Å². The Morgan fingerprint density at radius 2 is 1.94 bits per heavy atom. The Bertz CT molecular complexity index is 364. The zero-order valence-electron chi connectivity index (χ0n) is 11.4. The fraction of sp³-hybridized carbons (Fsp3) is 0.692. The predicted molar refractivity (Wildman–Crippen MR) is 77.1 cm³/mol. The highest BCUT2D eigenvalue weighted by Gasteiger charge is 2.10. The van der Waals surface area contributed by atoms with Crippen molar-refractivity contribution in [3.63, 3.8) is 0 Å². The summed E-state index contributed by atoms with van der Waals surface area (Å²) < 4.78 is 0. The highest BCUT2D eigenvalue weighted by Crippen LogP contribution is 2.16. The first-order valence-corrected chi connectivity index (χ1v) is 7.02. The van der Waals surface area contributed by atoms with Crippen LogP contribution in [0.25, 0.3) is 0 Å². The zero-order valence-corrected chi connectivity index (χ0v) is 13.0. The average molecular weight is 300 g/mol. The number of hydrogen-bond acceptors (Lipinski definition) is 3. The highest BCUT2D eigenvalue weighted by atomic mass is 79.9. The van der Waals surface area contributed by atoms with E-state index in [-0.39, 0.29) is 0 Å². The van der Waals surface area contributed by atoms with Gasteiger partial charge in [-0.15, -0.1) is 0 Å². The summed E-state index contributed by atoms with van der Waals surface area (Å²) in [7, 11) is 2.05. The Kier molecular flexibility index (Phi) is 5.37. The van der Waals surface area contributed by atoms with Crippen molar-refractivity contribution in [3.8, 4) is 0 Å². The molecule has 1 unspecified atom stereocenters. The van der Waals surface area contributed by atoms with Gasteiger partial charge in [-0.25, -0.2) is 9.97 Å². The third-order valence-corrected chi connectivity index (χ3v) is 3.12. The van der Waals surface area contributed by atoms with Crippen molar-refractivity contribution in [2.24, 2.45) is 0 Å². The summed E-state index contributed by atoms with van der Waals surface area (Å²) in [5.74, 6) is 1.28. The molecule has 96 valence electrons. The number of halogens is 1. The molecule has 0 aliphatic carbocycles. The molecule has 17 heavy (non-hydrogen) atoms. The monoisotopic (exact) mass is 299 g/mol. The number of anilines is 1. The fourth-order valence-corrected chi connectivity index (χ4v) is 1.72. The molecule has 1 aromatic rings. The lowest BCUT2D eigenvalue weighted by Gasteiger charge is -2.19. The quantitative estimate of drug-likeness (QED) is 0.779. The first kappa shape index (κ1) is 14.4. The highest BCUT2D eigenvalue weighted by molar-refractivity contribution is 9.09. The van der Waals surface area contributed by atoms with Crippen LogP contribution in [0.15, 0.2) is 6.07 Å². The SMILES string of the molecule is Cc1cc(C(C)C)nc(N(C)CCC(C)Br)n1. The maximum atomic E-state index is 4.61. The van der Waals surface area contributed by atoms with Gasteiger partial charge < -0.3 is 4.90 Å². The molecule has 0 saturated carbocycles. The van der Waals surface area contributed by atoms with Crippen LogP contribution in [0.2, 0.25) is 0 Å². The minimum atomic E-state index is 0.443. The second-order valence-corrected chi connectivity index (χ2v) is 6.44. The van der Waals surface area contributed by atoms with E-state index >= 15 is 0 Å². The van der Waals surface area contributed by atoms with E-state index in [9.17, 15) is 0 Å². The molecule has 3 nitrogen and oxygen atoms in total. The molecule has 0 fully saturated rings. The Morgan fingerprint density at radius 3 is 2.47 bits per heavy atom. The van der Waals surface area contributed by atoms with E-state index in [0.29, 0.717) is 10.7 Å². The molecule has 4 heteroatoms. The summed E-state index contributed by atoms with van der Waals surface area (Å²) in [6.07, 6.45) is 1.09. The molecule has 1 atom stereocenters. The molecule has 0 saturated heterocycles. The van der Waals surface area contributed by atoms with Crippen LogP contribution >= 0.6 is 15.9 Å². The van der Waals surface area contributed by atoms with Crippen LogP contribution < -0.4 is 4.90 Å². The second kappa shape index (κ2) is 6.34. The predicted octanol–water partition coefficient (Wildman–Crippen LogP) is 3.52. The number of nitrogens with zero attached hydrogens (tertiary/aromatic N) is 3. The molecule has 1 rings (SSSR count). The lowest BCUT2D eigenvalue weighted by Crippen LogP contribution is -2.23. The van der Waals surface area contributed by atoms with Crippen LogP contribution in [-0.4, -0.2) is 28.4 Å². The summed E-state index contributed by atoms with van der Waals surface area (Å²) >= 11 is 3.56. The normalized spacial score (nSPS) is 12.9. The third kappa shape index (κ3) is 4.62. The molecule has 0 radical (unpaired) electrons. The maximum absolute atomic E-state index is 4.61. The van der Waals surface area contributed by atoms with E-state index in [1.165, 1.54) is 0 Å². The van der Waals surface area contributed by atoms with Crippen molar-refractivity contribution in [3.05, 3.63) is 17.5 Å². The van der Waals surface area contributed by atoms with Crippen LogP contribution in [-0.2, 0) is 0 Å². The summed E-state index contributed by atoms with van der Waals surface area (Å²) in [5.41, 5.74) is 2.16. The van der Waals surface area contributed by atoms with E-state index in [2.05, 4.69) is 57.6 Å². The van der Waals surface area contributed by atoms with Crippen LogP contribution in [0, 0.1) is 6.92 Å². The van der Waals surface area contributed by atoms with Gasteiger partial charge in [-0.2, -0.15) is 0 Å². The van der Waals surface area contributed by atoms with Crippen LogP contribution in [0.4, 0.5) is 5.95 Å². The Hall–Kier alpha value is -0.640. The molecule has 0 N–H and O–H groups in total. The van der Waals surface area contributed by atoms with E-state index < -0.39 is 0 Å². The second-order valence-electron chi connectivity index (χ2n) is 4.88. The van der Waals surface area contributed by atoms with Gasteiger partial charge in [0.15, 0.2) is 0 Å². The van der Waals surface area contributed by atoms with Gasteiger partial charge in [-0.05, 0) is 25.3 Å². The first-order chi connectivity index (χ1) is 7.90. The van der Waals surface area contributed by atoms with Crippen LogP contribution in [0.5, 0.6) is 0 Å². The number of aromatic nitrogens is 2. The summed E-state index contributed by atoms with van der Waals surface area (Å²) in [5, 5.41) is 0. The molecule has 1 aromatic heterocycles. The third-order valence-electron chi connectivity index (χ3n) is 2.66. The molecule has 0 bridgehead atoms. The van der Waals surface area contributed by atoms with Gasteiger partial charge in [0.05, 0.1) is 0 Å². The van der Waals surface area contributed by atoms with Crippen molar-refractivity contribution in [1.82, 2.24) is 9.97 Å². The Labute approximate surface area is 113 Å². The van der Waals surface area contributed by atoms with Crippen molar-refractivity contribution >= 4 is 21.9 Å². The molecule has 0 spiro atoms.